The predicted molar refractivity (Wildman–Crippen MR) is 81.3 cm³/mol. The van der Waals surface area contributed by atoms with Gasteiger partial charge in [0.25, 0.3) is 5.91 Å². The lowest BCUT2D eigenvalue weighted by Gasteiger charge is -2.38. The highest BCUT2D eigenvalue weighted by Gasteiger charge is 2.44. The number of carbonyl (C=O) groups is 1. The summed E-state index contributed by atoms with van der Waals surface area (Å²) in [5.74, 6) is 0.700. The molecule has 0 radical (unpaired) electrons. The minimum absolute atomic E-state index is 0.0292. The molecule has 0 aromatic carbocycles. The highest BCUT2D eigenvalue weighted by atomic mass is 35.5. The van der Waals surface area contributed by atoms with E-state index >= 15 is 0 Å². The number of aliphatic hydroxyl groups is 1. The van der Waals surface area contributed by atoms with Gasteiger partial charge in [-0.2, -0.15) is 0 Å². The van der Waals surface area contributed by atoms with E-state index in [1.807, 2.05) is 0 Å². The Balaban J connectivity index is 2.34. The molecule has 1 aliphatic rings. The molecule has 1 aromatic heterocycles. The van der Waals surface area contributed by atoms with E-state index in [0.29, 0.717) is 18.3 Å². The summed E-state index contributed by atoms with van der Waals surface area (Å²) in [5.41, 5.74) is -0.263. The Kier molecular flexibility index (Phi) is 4.84. The molecule has 6 heteroatoms. The summed E-state index contributed by atoms with van der Waals surface area (Å²) in [6.07, 6.45) is 3.93. The van der Waals surface area contributed by atoms with Gasteiger partial charge in [0.2, 0.25) is 0 Å². The van der Waals surface area contributed by atoms with Crippen LogP contribution in [-0.4, -0.2) is 44.6 Å². The molecule has 1 aromatic rings. The molecule has 2 heterocycles. The van der Waals surface area contributed by atoms with Crippen LogP contribution in [0.25, 0.3) is 0 Å². The molecule has 0 aliphatic carbocycles. The van der Waals surface area contributed by atoms with Gasteiger partial charge in [-0.3, -0.25) is 4.79 Å². The molecule has 1 aliphatic heterocycles. The Morgan fingerprint density at radius 2 is 2.29 bits per heavy atom. The maximum atomic E-state index is 12.8. The Morgan fingerprint density at radius 3 is 2.90 bits per heavy atom. The number of aromatic nitrogens is 2. The zero-order valence-corrected chi connectivity index (χ0v) is 13.5. The van der Waals surface area contributed by atoms with Crippen molar-refractivity contribution in [3.63, 3.8) is 0 Å². The number of likely N-dealkylation sites (tertiary alicyclic amines) is 1. The Morgan fingerprint density at radius 1 is 1.57 bits per heavy atom. The van der Waals surface area contributed by atoms with E-state index in [0.717, 1.165) is 19.3 Å². The van der Waals surface area contributed by atoms with Gasteiger partial charge in [-0.25, -0.2) is 9.97 Å². The first-order valence-corrected chi connectivity index (χ1v) is 7.69. The lowest BCUT2D eigenvalue weighted by molar-refractivity contribution is 0.0327. The number of aliphatic hydroxyl groups excluding tert-OH is 1. The maximum Gasteiger partial charge on any atom is 0.274 e. The van der Waals surface area contributed by atoms with Crippen molar-refractivity contribution in [2.24, 2.45) is 5.92 Å². The van der Waals surface area contributed by atoms with Gasteiger partial charge in [-0.05, 0) is 32.1 Å². The van der Waals surface area contributed by atoms with Crippen molar-refractivity contribution < 1.29 is 9.90 Å². The maximum absolute atomic E-state index is 12.8. The Hall–Kier alpha value is -1.20. The van der Waals surface area contributed by atoms with Gasteiger partial charge in [0.15, 0.2) is 5.69 Å². The molecule has 0 spiro atoms. The first kappa shape index (κ1) is 16.2. The van der Waals surface area contributed by atoms with Crippen molar-refractivity contribution >= 4 is 17.5 Å². The smallest absolute Gasteiger partial charge is 0.274 e. The predicted octanol–water partition coefficient (Wildman–Crippen LogP) is 2.45. The first-order chi connectivity index (χ1) is 9.89. The van der Waals surface area contributed by atoms with Crippen LogP contribution in [0.4, 0.5) is 0 Å². The summed E-state index contributed by atoms with van der Waals surface area (Å²) in [7, 11) is 0. The molecule has 5 nitrogen and oxygen atoms in total. The molecule has 1 amide bonds. The number of nitrogens with zero attached hydrogens (tertiary/aromatic N) is 3. The minimum atomic E-state index is -0.493. The van der Waals surface area contributed by atoms with E-state index < -0.39 is 5.54 Å². The van der Waals surface area contributed by atoms with Crippen LogP contribution in [0.5, 0.6) is 0 Å². The van der Waals surface area contributed by atoms with Crippen molar-refractivity contribution in [3.8, 4) is 0 Å². The number of carbonyl (C=O) groups excluding carboxylic acids is 1. The number of amides is 1. The second-order valence-electron chi connectivity index (χ2n) is 6.15. The molecule has 1 atom stereocenters. The average Bonchev–Trinajstić information content (AvgIpc) is 2.84. The Bertz CT molecular complexity index is 536. The number of halogens is 1. The first-order valence-electron chi connectivity index (χ1n) is 7.31. The highest BCUT2D eigenvalue weighted by Crippen LogP contribution is 2.36. The zero-order valence-electron chi connectivity index (χ0n) is 12.8. The molecule has 0 unspecified atom stereocenters. The summed E-state index contributed by atoms with van der Waals surface area (Å²) in [5, 5.41) is 10.2. The second kappa shape index (κ2) is 6.28. The number of aryl methyl sites for hydroxylation is 1. The average molecular weight is 312 g/mol. The van der Waals surface area contributed by atoms with Crippen LogP contribution in [0.1, 0.15) is 49.4 Å². The molecule has 1 N–H and O–H groups in total. The summed E-state index contributed by atoms with van der Waals surface area (Å²) < 4.78 is 0. The summed E-state index contributed by atoms with van der Waals surface area (Å²) in [6.45, 7) is 6.52. The van der Waals surface area contributed by atoms with Gasteiger partial charge in [0.05, 0.1) is 23.4 Å². The van der Waals surface area contributed by atoms with Crippen molar-refractivity contribution in [1.82, 2.24) is 14.9 Å². The second-order valence-corrected chi connectivity index (χ2v) is 6.56. The fraction of sp³-hybridized carbons (Fsp3) is 0.667. The van der Waals surface area contributed by atoms with Crippen molar-refractivity contribution in [2.75, 3.05) is 13.2 Å². The monoisotopic (exact) mass is 311 g/mol. The van der Waals surface area contributed by atoms with Crippen molar-refractivity contribution in [3.05, 3.63) is 22.7 Å². The number of hydrogen-bond donors (Lipinski definition) is 1. The summed E-state index contributed by atoms with van der Waals surface area (Å²) in [4.78, 5) is 22.7. The lowest BCUT2D eigenvalue weighted by atomic mass is 9.87. The SMILES string of the molecule is Cc1ncc(Cl)c(C(=O)N2CCC[C@@]2(CO)CC(C)C)n1. The van der Waals surface area contributed by atoms with Gasteiger partial charge in [0.1, 0.15) is 5.82 Å². The molecular formula is C15H22ClN3O2. The van der Waals surface area contributed by atoms with Crippen LogP contribution >= 0.6 is 11.6 Å². The number of rotatable bonds is 4. The topological polar surface area (TPSA) is 66.3 Å². The normalized spacial score (nSPS) is 22.1. The molecule has 1 fully saturated rings. The third kappa shape index (κ3) is 3.19. The molecule has 0 bridgehead atoms. The molecule has 21 heavy (non-hydrogen) atoms. The highest BCUT2D eigenvalue weighted by molar-refractivity contribution is 6.33. The van der Waals surface area contributed by atoms with Crippen LogP contribution in [-0.2, 0) is 0 Å². The van der Waals surface area contributed by atoms with E-state index in [9.17, 15) is 9.90 Å². The van der Waals surface area contributed by atoms with Crippen LogP contribution in [0.15, 0.2) is 6.20 Å². The fourth-order valence-electron chi connectivity index (χ4n) is 3.19. The quantitative estimate of drug-likeness (QED) is 0.927. The molecule has 2 rings (SSSR count). The Labute approximate surface area is 130 Å². The van der Waals surface area contributed by atoms with Gasteiger partial charge in [0, 0.05) is 6.54 Å². The van der Waals surface area contributed by atoms with Gasteiger partial charge in [-0.1, -0.05) is 25.4 Å². The van der Waals surface area contributed by atoms with Crippen LogP contribution in [0, 0.1) is 12.8 Å². The number of hydrogen-bond acceptors (Lipinski definition) is 4. The minimum Gasteiger partial charge on any atom is -0.394 e. The van der Waals surface area contributed by atoms with E-state index in [-0.39, 0.29) is 23.2 Å². The zero-order chi connectivity index (χ0) is 15.6. The van der Waals surface area contributed by atoms with Gasteiger partial charge in [-0.15, -0.1) is 0 Å². The molecule has 116 valence electrons. The lowest BCUT2D eigenvalue weighted by Crippen LogP contribution is -2.51. The van der Waals surface area contributed by atoms with Gasteiger partial charge < -0.3 is 10.0 Å². The summed E-state index contributed by atoms with van der Waals surface area (Å²) >= 11 is 6.08. The van der Waals surface area contributed by atoms with E-state index in [4.69, 9.17) is 11.6 Å². The third-order valence-corrected chi connectivity index (χ3v) is 4.27. The van der Waals surface area contributed by atoms with Crippen LogP contribution in [0.2, 0.25) is 5.02 Å². The standard InChI is InChI=1S/C15H22ClN3O2/c1-10(2)7-15(9-20)5-4-6-19(15)14(21)13-12(16)8-17-11(3)18-13/h8,10,20H,4-7,9H2,1-3H3/t15-/m0/s1. The molecule has 0 saturated carbocycles. The van der Waals surface area contributed by atoms with E-state index in [1.54, 1.807) is 11.8 Å². The summed E-state index contributed by atoms with van der Waals surface area (Å²) in [6, 6.07) is 0. The van der Waals surface area contributed by atoms with Crippen molar-refractivity contribution in [2.45, 2.75) is 45.6 Å². The molecular weight excluding hydrogens is 290 g/mol. The van der Waals surface area contributed by atoms with Crippen LogP contribution < -0.4 is 0 Å². The largest absolute Gasteiger partial charge is 0.394 e. The fourth-order valence-corrected chi connectivity index (χ4v) is 3.36. The van der Waals surface area contributed by atoms with Crippen molar-refractivity contribution in [1.29, 1.82) is 0 Å². The van der Waals surface area contributed by atoms with Crippen LogP contribution in [0.3, 0.4) is 0 Å². The third-order valence-electron chi connectivity index (χ3n) is 3.99. The van der Waals surface area contributed by atoms with E-state index in [2.05, 4.69) is 23.8 Å². The van der Waals surface area contributed by atoms with Gasteiger partial charge >= 0.3 is 0 Å². The van der Waals surface area contributed by atoms with E-state index in [1.165, 1.54) is 6.20 Å². The molecule has 1 saturated heterocycles.